The number of piperidine rings is 1. The molecular weight excluding hydrogens is 488 g/mol. The number of piperazine rings is 1. The summed E-state index contributed by atoms with van der Waals surface area (Å²) < 4.78 is 34.6. The maximum absolute atomic E-state index is 14.2. The van der Waals surface area contributed by atoms with Gasteiger partial charge in [0.2, 0.25) is 5.91 Å². The monoisotopic (exact) mass is 519 g/mol. The third-order valence-electron chi connectivity index (χ3n) is 7.34. The van der Waals surface area contributed by atoms with Crippen LogP contribution in [-0.2, 0) is 4.79 Å². The van der Waals surface area contributed by atoms with Gasteiger partial charge in [-0.15, -0.1) is 0 Å². The van der Waals surface area contributed by atoms with Crippen LogP contribution in [0.25, 0.3) is 0 Å². The zero-order chi connectivity index (χ0) is 25.9. The fourth-order valence-electron chi connectivity index (χ4n) is 4.85. The summed E-state index contributed by atoms with van der Waals surface area (Å²) in [7, 11) is 2.04. The summed E-state index contributed by atoms with van der Waals surface area (Å²) in [6.07, 6.45) is 1.26. The number of nitrogens with zero attached hydrogens (tertiary/aromatic N) is 3. The molecular formula is C27H32ClF2N3O3. The molecule has 4 rings (SSSR count). The lowest BCUT2D eigenvalue weighted by molar-refractivity contribution is -0.136. The number of carbonyl (C=O) groups is 2. The Morgan fingerprint density at radius 1 is 0.972 bits per heavy atom. The zero-order valence-electron chi connectivity index (χ0n) is 20.7. The maximum Gasteiger partial charge on any atom is 0.259 e. The van der Waals surface area contributed by atoms with E-state index in [4.69, 9.17) is 16.3 Å². The third kappa shape index (κ3) is 5.98. The fraction of sp³-hybridized carbons (Fsp3) is 0.481. The van der Waals surface area contributed by atoms with Gasteiger partial charge in [0.05, 0.1) is 6.61 Å². The Bertz CT molecular complexity index is 1090. The Kier molecular flexibility index (Phi) is 8.15. The lowest BCUT2D eigenvalue weighted by atomic mass is 9.75. The predicted molar refractivity (Wildman–Crippen MR) is 134 cm³/mol. The van der Waals surface area contributed by atoms with Crippen molar-refractivity contribution in [2.75, 3.05) is 52.9 Å². The lowest BCUT2D eigenvalue weighted by Crippen LogP contribution is -2.51. The van der Waals surface area contributed by atoms with Crippen LogP contribution in [-0.4, -0.2) is 79.4 Å². The minimum absolute atomic E-state index is 0.0684. The summed E-state index contributed by atoms with van der Waals surface area (Å²) in [4.78, 5) is 31.7. The molecule has 0 atom stereocenters. The molecule has 0 aromatic heterocycles. The molecule has 2 fully saturated rings. The van der Waals surface area contributed by atoms with Crippen molar-refractivity contribution in [3.8, 4) is 5.75 Å². The number of carbonyl (C=O) groups excluding carboxylic acids is 2. The van der Waals surface area contributed by atoms with Crippen LogP contribution >= 0.6 is 11.6 Å². The molecule has 0 radical (unpaired) electrons. The Labute approximate surface area is 215 Å². The molecule has 2 amide bonds. The van der Waals surface area contributed by atoms with Crippen LogP contribution in [0, 0.1) is 24.0 Å². The van der Waals surface area contributed by atoms with Gasteiger partial charge in [0.15, 0.2) is 0 Å². The molecule has 2 aromatic carbocycles. The first kappa shape index (κ1) is 26.4. The molecule has 2 aliphatic heterocycles. The van der Waals surface area contributed by atoms with Crippen molar-refractivity contribution in [3.05, 3.63) is 64.2 Å². The minimum atomic E-state index is -0.872. The van der Waals surface area contributed by atoms with Gasteiger partial charge in [0.25, 0.3) is 5.91 Å². The van der Waals surface area contributed by atoms with E-state index in [2.05, 4.69) is 4.90 Å². The van der Waals surface area contributed by atoms with E-state index in [1.165, 1.54) is 11.0 Å². The van der Waals surface area contributed by atoms with Gasteiger partial charge in [0.1, 0.15) is 22.9 Å². The number of benzene rings is 2. The summed E-state index contributed by atoms with van der Waals surface area (Å²) in [5.74, 6) is -1.68. The molecule has 0 unspecified atom stereocenters. The molecule has 36 heavy (non-hydrogen) atoms. The first-order valence-corrected chi connectivity index (χ1v) is 12.6. The summed E-state index contributed by atoms with van der Waals surface area (Å²) in [5.41, 5.74) is -0.145. The molecule has 0 saturated carbocycles. The van der Waals surface area contributed by atoms with Crippen LogP contribution in [0.5, 0.6) is 5.75 Å². The summed E-state index contributed by atoms with van der Waals surface area (Å²) in [6.45, 7) is 5.78. The number of halogens is 3. The SMILES string of the molecule is Cc1cc(OCC2(CC(=O)N3CCN(C)CC3)CCN(C(=O)c3c(F)cccc3F)CC2)ccc1Cl. The molecule has 2 aromatic rings. The van der Waals surface area contributed by atoms with E-state index in [0.717, 1.165) is 30.8 Å². The maximum atomic E-state index is 14.2. The molecule has 0 bridgehead atoms. The van der Waals surface area contributed by atoms with Crippen molar-refractivity contribution in [2.24, 2.45) is 5.41 Å². The standard InChI is InChI=1S/C27H32ClF2N3O3/c1-19-16-20(6-7-21(19)28)36-18-27(17-24(34)32-14-12-31(2)13-15-32)8-10-33(11-9-27)26(35)25-22(29)4-3-5-23(25)30/h3-7,16H,8-15,17-18H2,1-2H3. The highest BCUT2D eigenvalue weighted by Crippen LogP contribution is 2.37. The molecule has 2 heterocycles. The molecule has 0 N–H and O–H groups in total. The molecule has 0 aliphatic carbocycles. The van der Waals surface area contributed by atoms with Crippen molar-refractivity contribution in [1.29, 1.82) is 0 Å². The van der Waals surface area contributed by atoms with Gasteiger partial charge < -0.3 is 19.4 Å². The predicted octanol–water partition coefficient (Wildman–Crippen LogP) is 4.39. The molecule has 6 nitrogen and oxygen atoms in total. The Morgan fingerprint density at radius 3 is 2.22 bits per heavy atom. The third-order valence-corrected chi connectivity index (χ3v) is 7.77. The number of amides is 2. The topological polar surface area (TPSA) is 53.1 Å². The second-order valence-corrected chi connectivity index (χ2v) is 10.4. The lowest BCUT2D eigenvalue weighted by Gasteiger charge is -2.42. The van der Waals surface area contributed by atoms with E-state index in [1.54, 1.807) is 12.1 Å². The molecule has 194 valence electrons. The Balaban J connectivity index is 1.48. The summed E-state index contributed by atoms with van der Waals surface area (Å²) in [5, 5.41) is 0.648. The van der Waals surface area contributed by atoms with E-state index < -0.39 is 28.5 Å². The minimum Gasteiger partial charge on any atom is -0.493 e. The van der Waals surface area contributed by atoms with Gasteiger partial charge in [-0.2, -0.15) is 0 Å². The summed E-state index contributed by atoms with van der Waals surface area (Å²) in [6, 6.07) is 8.84. The summed E-state index contributed by atoms with van der Waals surface area (Å²) >= 11 is 6.14. The number of likely N-dealkylation sites (tertiary alicyclic amines) is 1. The first-order chi connectivity index (χ1) is 17.2. The number of ether oxygens (including phenoxy) is 1. The smallest absolute Gasteiger partial charge is 0.259 e. The number of likely N-dealkylation sites (N-methyl/N-ethyl adjacent to an activating group) is 1. The van der Waals surface area contributed by atoms with Crippen LogP contribution in [0.4, 0.5) is 8.78 Å². The van der Waals surface area contributed by atoms with E-state index in [-0.39, 0.29) is 19.0 Å². The molecule has 9 heteroatoms. The van der Waals surface area contributed by atoms with Crippen LogP contribution in [0.3, 0.4) is 0 Å². The van der Waals surface area contributed by atoms with Gasteiger partial charge in [-0.05, 0) is 62.7 Å². The number of aryl methyl sites for hydroxylation is 1. The number of hydrogen-bond acceptors (Lipinski definition) is 4. The Hall–Kier alpha value is -2.71. The van der Waals surface area contributed by atoms with Crippen LogP contribution in [0.15, 0.2) is 36.4 Å². The highest BCUT2D eigenvalue weighted by Gasteiger charge is 2.40. The second kappa shape index (κ2) is 11.1. The van der Waals surface area contributed by atoms with Crippen molar-refractivity contribution in [1.82, 2.24) is 14.7 Å². The first-order valence-electron chi connectivity index (χ1n) is 12.3. The van der Waals surface area contributed by atoms with Gasteiger partial charge in [-0.3, -0.25) is 9.59 Å². The van der Waals surface area contributed by atoms with Crippen molar-refractivity contribution in [2.45, 2.75) is 26.2 Å². The van der Waals surface area contributed by atoms with Crippen molar-refractivity contribution in [3.63, 3.8) is 0 Å². The van der Waals surface area contributed by atoms with Crippen LogP contribution < -0.4 is 4.74 Å². The van der Waals surface area contributed by atoms with E-state index in [0.29, 0.717) is 49.7 Å². The zero-order valence-corrected chi connectivity index (χ0v) is 21.5. The van der Waals surface area contributed by atoms with E-state index >= 15 is 0 Å². The quantitative estimate of drug-likeness (QED) is 0.568. The van der Waals surface area contributed by atoms with Crippen molar-refractivity contribution >= 4 is 23.4 Å². The number of rotatable bonds is 6. The average Bonchev–Trinajstić information content (AvgIpc) is 2.85. The van der Waals surface area contributed by atoms with Gasteiger partial charge in [-0.1, -0.05) is 17.7 Å². The van der Waals surface area contributed by atoms with E-state index in [1.807, 2.05) is 24.9 Å². The molecule has 2 saturated heterocycles. The van der Waals surface area contributed by atoms with Crippen molar-refractivity contribution < 1.29 is 23.1 Å². The van der Waals surface area contributed by atoms with Crippen LogP contribution in [0.2, 0.25) is 5.02 Å². The second-order valence-electron chi connectivity index (χ2n) is 9.95. The highest BCUT2D eigenvalue weighted by molar-refractivity contribution is 6.31. The largest absolute Gasteiger partial charge is 0.493 e. The molecule has 0 spiro atoms. The van der Waals surface area contributed by atoms with Gasteiger partial charge in [0, 0.05) is 56.1 Å². The average molecular weight is 520 g/mol. The Morgan fingerprint density at radius 2 is 1.61 bits per heavy atom. The highest BCUT2D eigenvalue weighted by atomic mass is 35.5. The van der Waals surface area contributed by atoms with Crippen LogP contribution in [0.1, 0.15) is 35.2 Å². The van der Waals surface area contributed by atoms with Gasteiger partial charge >= 0.3 is 0 Å². The fourth-order valence-corrected chi connectivity index (χ4v) is 4.97. The number of hydrogen-bond donors (Lipinski definition) is 0. The molecule has 2 aliphatic rings. The van der Waals surface area contributed by atoms with E-state index in [9.17, 15) is 18.4 Å². The van der Waals surface area contributed by atoms with Gasteiger partial charge in [-0.25, -0.2) is 8.78 Å². The normalized spacial score (nSPS) is 18.2.